The smallest absolute Gasteiger partial charge is 0.271 e. The van der Waals surface area contributed by atoms with Gasteiger partial charge in [-0.2, -0.15) is 0 Å². The lowest BCUT2D eigenvalue weighted by molar-refractivity contribution is -0.384. The van der Waals surface area contributed by atoms with Crippen LogP contribution in [0.2, 0.25) is 10.0 Å². The number of amides is 1. The average Bonchev–Trinajstić information content (AvgIpc) is 2.88. The van der Waals surface area contributed by atoms with Crippen LogP contribution in [0.25, 0.3) is 0 Å². The number of nitro benzene ring substituents is 1. The summed E-state index contributed by atoms with van der Waals surface area (Å²) in [4.78, 5) is 22.3. The number of hydrogen-bond acceptors (Lipinski definition) is 6. The van der Waals surface area contributed by atoms with Crippen molar-refractivity contribution in [1.29, 1.82) is 0 Å². The zero-order chi connectivity index (χ0) is 15.6. The Morgan fingerprint density at radius 2 is 2.14 bits per heavy atom. The predicted octanol–water partition coefficient (Wildman–Crippen LogP) is 3.57. The Kier molecular flexibility index (Phi) is 4.71. The number of rotatable bonds is 4. The van der Waals surface area contributed by atoms with E-state index < -0.39 is 10.8 Å². The Hall–Kier alpha value is -1.77. The van der Waals surface area contributed by atoms with Crippen LogP contribution in [0.1, 0.15) is 22.3 Å². The van der Waals surface area contributed by atoms with Crippen molar-refractivity contribution < 1.29 is 9.72 Å². The van der Waals surface area contributed by atoms with Gasteiger partial charge in [0.25, 0.3) is 11.6 Å². The number of non-ortho nitro benzene ring substituents is 1. The molecule has 0 radical (unpaired) electrons. The maximum absolute atomic E-state index is 12.1. The molecule has 0 atom stereocenters. The fourth-order valence-electron chi connectivity index (χ4n) is 1.46. The van der Waals surface area contributed by atoms with Gasteiger partial charge in [0.15, 0.2) is 0 Å². The van der Waals surface area contributed by atoms with Gasteiger partial charge in [-0.1, -0.05) is 41.5 Å². The minimum atomic E-state index is -0.654. The summed E-state index contributed by atoms with van der Waals surface area (Å²) in [6, 6.07) is 2.14. The summed E-state index contributed by atoms with van der Waals surface area (Å²) in [5, 5.41) is 21.8. The Morgan fingerprint density at radius 3 is 2.71 bits per heavy atom. The first kappa shape index (κ1) is 15.6. The summed E-state index contributed by atoms with van der Waals surface area (Å²) in [6.45, 7) is 1.91. The van der Waals surface area contributed by atoms with Crippen LogP contribution in [0, 0.1) is 10.1 Å². The molecule has 0 aliphatic heterocycles. The maximum Gasteiger partial charge on any atom is 0.271 e. The summed E-state index contributed by atoms with van der Waals surface area (Å²) < 4.78 is 0. The fourth-order valence-corrected chi connectivity index (χ4v) is 2.54. The van der Waals surface area contributed by atoms with Crippen molar-refractivity contribution in [3.8, 4) is 0 Å². The molecule has 0 aliphatic carbocycles. The van der Waals surface area contributed by atoms with Crippen molar-refractivity contribution in [2.75, 3.05) is 5.32 Å². The first-order valence-electron chi connectivity index (χ1n) is 5.69. The van der Waals surface area contributed by atoms with Gasteiger partial charge in [-0.3, -0.25) is 20.2 Å². The minimum Gasteiger partial charge on any atom is -0.296 e. The van der Waals surface area contributed by atoms with Gasteiger partial charge in [0.05, 0.1) is 20.5 Å². The van der Waals surface area contributed by atoms with Crippen molar-refractivity contribution in [2.24, 2.45) is 0 Å². The van der Waals surface area contributed by atoms with Gasteiger partial charge in [0.1, 0.15) is 5.01 Å². The maximum atomic E-state index is 12.1. The summed E-state index contributed by atoms with van der Waals surface area (Å²) >= 11 is 12.9. The van der Waals surface area contributed by atoms with Crippen molar-refractivity contribution in [2.45, 2.75) is 13.3 Å². The van der Waals surface area contributed by atoms with E-state index in [2.05, 4.69) is 15.5 Å². The van der Waals surface area contributed by atoms with E-state index in [1.54, 1.807) is 0 Å². The predicted molar refractivity (Wildman–Crippen MR) is 80.4 cm³/mol. The molecular formula is C11H8Cl2N4O3S. The number of anilines is 1. The molecule has 0 saturated carbocycles. The SMILES string of the molecule is CCc1nnc(NC(=O)c2cc([N+](=O)[O-])cc(Cl)c2Cl)s1. The molecule has 0 fully saturated rings. The van der Waals surface area contributed by atoms with Crippen LogP contribution in [-0.2, 0) is 6.42 Å². The number of benzene rings is 1. The summed E-state index contributed by atoms with van der Waals surface area (Å²) in [5.41, 5.74) is -0.412. The molecule has 1 heterocycles. The second-order valence-corrected chi connectivity index (χ2v) is 5.70. The van der Waals surface area contributed by atoms with Crippen LogP contribution in [0.5, 0.6) is 0 Å². The van der Waals surface area contributed by atoms with Crippen molar-refractivity contribution >= 4 is 51.3 Å². The lowest BCUT2D eigenvalue weighted by atomic mass is 10.2. The highest BCUT2D eigenvalue weighted by Gasteiger charge is 2.20. The van der Waals surface area contributed by atoms with E-state index in [1.807, 2.05) is 6.92 Å². The molecule has 0 bridgehead atoms. The molecule has 0 spiro atoms. The number of nitro groups is 1. The monoisotopic (exact) mass is 346 g/mol. The number of hydrogen-bond donors (Lipinski definition) is 1. The molecule has 110 valence electrons. The third-order valence-electron chi connectivity index (χ3n) is 2.46. The van der Waals surface area contributed by atoms with Gasteiger partial charge in [0, 0.05) is 12.1 Å². The molecule has 7 nitrogen and oxygen atoms in total. The number of halogens is 2. The van der Waals surface area contributed by atoms with Gasteiger partial charge < -0.3 is 0 Å². The van der Waals surface area contributed by atoms with Gasteiger partial charge in [-0.05, 0) is 6.42 Å². The highest BCUT2D eigenvalue weighted by molar-refractivity contribution is 7.15. The van der Waals surface area contributed by atoms with E-state index >= 15 is 0 Å². The first-order valence-corrected chi connectivity index (χ1v) is 7.26. The zero-order valence-corrected chi connectivity index (χ0v) is 12.9. The summed E-state index contributed by atoms with van der Waals surface area (Å²) in [5.74, 6) is -0.635. The van der Waals surface area contributed by atoms with Crippen molar-refractivity contribution in [3.05, 3.63) is 42.9 Å². The lowest BCUT2D eigenvalue weighted by Gasteiger charge is -2.05. The summed E-state index contributed by atoms with van der Waals surface area (Å²) in [6.07, 6.45) is 0.691. The Bertz CT molecular complexity index is 719. The third-order valence-corrected chi connectivity index (χ3v) is 4.24. The second-order valence-electron chi connectivity index (χ2n) is 3.85. The minimum absolute atomic E-state index is 0.0556. The molecule has 0 saturated heterocycles. The molecule has 2 rings (SSSR count). The molecule has 2 aromatic rings. The zero-order valence-electron chi connectivity index (χ0n) is 10.6. The highest BCUT2D eigenvalue weighted by Crippen LogP contribution is 2.31. The first-order chi connectivity index (χ1) is 9.92. The summed E-state index contributed by atoms with van der Waals surface area (Å²) in [7, 11) is 0. The molecule has 1 aromatic carbocycles. The topological polar surface area (TPSA) is 98.0 Å². The van der Waals surface area contributed by atoms with E-state index in [9.17, 15) is 14.9 Å². The van der Waals surface area contributed by atoms with Crippen LogP contribution in [0.3, 0.4) is 0 Å². The van der Waals surface area contributed by atoms with E-state index in [4.69, 9.17) is 23.2 Å². The van der Waals surface area contributed by atoms with Gasteiger partial charge in [-0.25, -0.2) is 0 Å². The van der Waals surface area contributed by atoms with Crippen LogP contribution in [0.4, 0.5) is 10.8 Å². The molecule has 21 heavy (non-hydrogen) atoms. The molecule has 0 aliphatic rings. The number of carbonyl (C=O) groups excluding carboxylic acids is 1. The molecule has 1 amide bonds. The van der Waals surface area contributed by atoms with Gasteiger partial charge in [0.2, 0.25) is 5.13 Å². The number of aromatic nitrogens is 2. The van der Waals surface area contributed by atoms with E-state index in [0.29, 0.717) is 6.42 Å². The normalized spacial score (nSPS) is 10.4. The lowest BCUT2D eigenvalue weighted by Crippen LogP contribution is -2.13. The fraction of sp³-hybridized carbons (Fsp3) is 0.182. The van der Waals surface area contributed by atoms with Crippen LogP contribution < -0.4 is 5.32 Å². The molecule has 1 aromatic heterocycles. The standard InChI is InChI=1S/C11H8Cl2N4O3S/c1-2-8-15-16-11(21-8)14-10(18)6-3-5(17(19)20)4-7(12)9(6)13/h3-4H,2H2,1H3,(H,14,16,18). The number of nitrogens with zero attached hydrogens (tertiary/aromatic N) is 3. The number of carbonyl (C=O) groups is 1. The molecule has 1 N–H and O–H groups in total. The molecule has 10 heteroatoms. The van der Waals surface area contributed by atoms with Crippen LogP contribution in [0.15, 0.2) is 12.1 Å². The third kappa shape index (κ3) is 3.46. The van der Waals surface area contributed by atoms with E-state index in [0.717, 1.165) is 17.1 Å². The van der Waals surface area contributed by atoms with Gasteiger partial charge in [-0.15, -0.1) is 10.2 Å². The Labute approximate surface area is 133 Å². The molecule has 0 unspecified atom stereocenters. The van der Waals surface area contributed by atoms with Crippen LogP contribution >= 0.6 is 34.5 Å². The van der Waals surface area contributed by atoms with Gasteiger partial charge >= 0.3 is 0 Å². The Balaban J connectivity index is 2.32. The quantitative estimate of drug-likeness (QED) is 0.673. The van der Waals surface area contributed by atoms with Crippen molar-refractivity contribution in [3.63, 3.8) is 0 Å². The van der Waals surface area contributed by atoms with Crippen molar-refractivity contribution in [1.82, 2.24) is 10.2 Å². The van der Waals surface area contributed by atoms with E-state index in [1.165, 1.54) is 11.3 Å². The van der Waals surface area contributed by atoms with Crippen LogP contribution in [-0.4, -0.2) is 21.0 Å². The Morgan fingerprint density at radius 1 is 1.43 bits per heavy atom. The number of aryl methyl sites for hydroxylation is 1. The largest absolute Gasteiger partial charge is 0.296 e. The number of nitrogens with one attached hydrogen (secondary N) is 1. The van der Waals surface area contributed by atoms with E-state index in [-0.39, 0.29) is 26.4 Å². The highest BCUT2D eigenvalue weighted by atomic mass is 35.5. The average molecular weight is 347 g/mol. The second kappa shape index (κ2) is 6.33. The molecular weight excluding hydrogens is 339 g/mol.